The van der Waals surface area contributed by atoms with E-state index in [1.54, 1.807) is 0 Å². The minimum Gasteiger partial charge on any atom is -0.494 e. The molecule has 0 atom stereocenters. The van der Waals surface area contributed by atoms with Crippen LogP contribution in [0.25, 0.3) is 23.0 Å². The van der Waals surface area contributed by atoms with Gasteiger partial charge >= 0.3 is 0 Å². The third-order valence-electron chi connectivity index (χ3n) is 6.25. The van der Waals surface area contributed by atoms with Crippen molar-refractivity contribution in [3.63, 3.8) is 0 Å². The molecule has 184 valence electrons. The Labute approximate surface area is 213 Å². The third kappa shape index (κ3) is 5.06. The van der Waals surface area contributed by atoms with E-state index in [9.17, 15) is 9.59 Å². The normalized spacial score (nSPS) is 17.5. The average molecular weight is 502 g/mol. The third-order valence-corrected chi connectivity index (χ3v) is 7.29. The van der Waals surface area contributed by atoms with Crippen LogP contribution in [0, 0.1) is 5.92 Å². The summed E-state index contributed by atoms with van der Waals surface area (Å²) < 4.78 is 7.51. The Morgan fingerprint density at radius 2 is 1.94 bits per heavy atom. The number of ether oxygens (including phenoxy) is 1. The predicted octanol–water partition coefficient (Wildman–Crippen LogP) is 4.11. The summed E-state index contributed by atoms with van der Waals surface area (Å²) in [4.78, 5) is 31.2. The number of carbonyl (C=O) groups is 2. The van der Waals surface area contributed by atoms with Crippen molar-refractivity contribution in [2.24, 2.45) is 16.6 Å². The number of nitrogens with zero attached hydrogens (tertiary/aromatic N) is 4. The highest BCUT2D eigenvalue weighted by molar-refractivity contribution is 8.18. The zero-order chi connectivity index (χ0) is 25.1. The Kier molecular flexibility index (Phi) is 6.90. The fourth-order valence-corrected chi connectivity index (χ4v) is 5.32. The largest absolute Gasteiger partial charge is 0.494 e. The fraction of sp³-hybridized carbons (Fsp3) is 0.259. The molecule has 0 radical (unpaired) electrons. The number of amidine groups is 1. The molecule has 2 N–H and O–H groups in total. The first-order valence-electron chi connectivity index (χ1n) is 12.0. The molecule has 2 amide bonds. The smallest absolute Gasteiger partial charge is 0.286 e. The van der Waals surface area contributed by atoms with Crippen molar-refractivity contribution < 1.29 is 14.3 Å². The number of rotatable bonds is 6. The number of hydrogen-bond donors (Lipinski definition) is 1. The lowest BCUT2D eigenvalue weighted by Crippen LogP contribution is -2.40. The van der Waals surface area contributed by atoms with Crippen LogP contribution < -0.4 is 10.5 Å². The number of benzene rings is 2. The SMILES string of the molecule is CCOc1cccc(-c2nn(-c3ccccc3)cc2/C=C2\SC(N3CCC(C(N)=O)CC3)=NC2=O)c1. The topological polar surface area (TPSA) is 103 Å². The summed E-state index contributed by atoms with van der Waals surface area (Å²) >= 11 is 1.36. The Balaban J connectivity index is 1.45. The predicted molar refractivity (Wildman–Crippen MR) is 142 cm³/mol. The average Bonchev–Trinajstić information content (AvgIpc) is 3.49. The van der Waals surface area contributed by atoms with E-state index in [4.69, 9.17) is 15.6 Å². The van der Waals surface area contributed by atoms with Gasteiger partial charge in [-0.3, -0.25) is 9.59 Å². The highest BCUT2D eigenvalue weighted by Gasteiger charge is 2.31. The van der Waals surface area contributed by atoms with Crippen LogP contribution in [0.4, 0.5) is 0 Å². The van der Waals surface area contributed by atoms with Gasteiger partial charge in [-0.15, -0.1) is 0 Å². The van der Waals surface area contributed by atoms with E-state index in [1.165, 1.54) is 11.8 Å². The molecule has 0 bridgehead atoms. The van der Waals surface area contributed by atoms with Gasteiger partial charge in [-0.2, -0.15) is 10.1 Å². The monoisotopic (exact) mass is 501 g/mol. The molecule has 1 aromatic heterocycles. The van der Waals surface area contributed by atoms with E-state index >= 15 is 0 Å². The second-order valence-electron chi connectivity index (χ2n) is 8.65. The zero-order valence-electron chi connectivity index (χ0n) is 20.0. The maximum atomic E-state index is 12.8. The van der Waals surface area contributed by atoms with Gasteiger partial charge < -0.3 is 15.4 Å². The van der Waals surface area contributed by atoms with Crippen molar-refractivity contribution in [2.45, 2.75) is 19.8 Å². The van der Waals surface area contributed by atoms with E-state index in [1.807, 2.05) is 78.5 Å². The van der Waals surface area contributed by atoms with Gasteiger partial charge in [0.05, 0.1) is 17.2 Å². The van der Waals surface area contributed by atoms with Crippen molar-refractivity contribution >= 4 is 34.8 Å². The van der Waals surface area contributed by atoms with Crippen molar-refractivity contribution in [1.82, 2.24) is 14.7 Å². The molecular formula is C27H27N5O3S. The lowest BCUT2D eigenvalue weighted by atomic mass is 9.97. The molecule has 3 heterocycles. The van der Waals surface area contributed by atoms with Gasteiger partial charge in [-0.05, 0) is 61.9 Å². The summed E-state index contributed by atoms with van der Waals surface area (Å²) in [5.74, 6) is 0.120. The molecule has 0 spiro atoms. The van der Waals surface area contributed by atoms with Crippen molar-refractivity contribution in [3.05, 3.63) is 71.3 Å². The Morgan fingerprint density at radius 3 is 2.67 bits per heavy atom. The summed E-state index contributed by atoms with van der Waals surface area (Å²) in [5, 5.41) is 5.53. The van der Waals surface area contributed by atoms with E-state index in [2.05, 4.69) is 9.89 Å². The molecule has 3 aromatic rings. The number of amides is 2. The lowest BCUT2D eigenvalue weighted by molar-refractivity contribution is -0.123. The maximum absolute atomic E-state index is 12.8. The number of piperidine rings is 1. The van der Waals surface area contributed by atoms with Crippen LogP contribution in [0.1, 0.15) is 25.3 Å². The molecule has 8 nitrogen and oxygen atoms in total. The van der Waals surface area contributed by atoms with Crippen molar-refractivity contribution in [1.29, 1.82) is 0 Å². The summed E-state index contributed by atoms with van der Waals surface area (Å²) in [6.45, 7) is 3.83. The zero-order valence-corrected chi connectivity index (χ0v) is 20.8. The minimum atomic E-state index is -0.270. The van der Waals surface area contributed by atoms with E-state index < -0.39 is 0 Å². The van der Waals surface area contributed by atoms with E-state index in [-0.39, 0.29) is 17.7 Å². The molecule has 2 aromatic carbocycles. The fourth-order valence-electron chi connectivity index (χ4n) is 4.36. The van der Waals surface area contributed by atoms with Gasteiger partial charge in [0, 0.05) is 36.3 Å². The molecule has 2 aliphatic heterocycles. The van der Waals surface area contributed by atoms with E-state index in [0.717, 1.165) is 28.3 Å². The van der Waals surface area contributed by atoms with Gasteiger partial charge in [0.1, 0.15) is 11.4 Å². The van der Waals surface area contributed by atoms with E-state index in [0.29, 0.717) is 42.6 Å². The molecule has 1 fully saturated rings. The lowest BCUT2D eigenvalue weighted by Gasteiger charge is -2.31. The molecule has 36 heavy (non-hydrogen) atoms. The molecule has 0 aliphatic carbocycles. The van der Waals surface area contributed by atoms with Gasteiger partial charge in [0.15, 0.2) is 5.17 Å². The highest BCUT2D eigenvalue weighted by atomic mass is 32.2. The molecule has 2 aliphatic rings. The number of aliphatic imine (C=N–C) groups is 1. The summed E-state index contributed by atoms with van der Waals surface area (Å²) in [6, 6.07) is 17.6. The second-order valence-corrected chi connectivity index (χ2v) is 9.66. The number of para-hydroxylation sites is 1. The number of thioether (sulfide) groups is 1. The van der Waals surface area contributed by atoms with Crippen LogP contribution in [-0.2, 0) is 9.59 Å². The van der Waals surface area contributed by atoms with Gasteiger partial charge in [0.2, 0.25) is 5.91 Å². The molecule has 1 saturated heterocycles. The first-order valence-corrected chi connectivity index (χ1v) is 12.8. The summed E-state index contributed by atoms with van der Waals surface area (Å²) in [5.41, 5.74) is 8.83. The molecule has 5 rings (SSSR count). The van der Waals surface area contributed by atoms with Crippen LogP contribution in [0.2, 0.25) is 0 Å². The Bertz CT molecular complexity index is 1340. The molecule has 9 heteroatoms. The molecule has 0 saturated carbocycles. The van der Waals surface area contributed by atoms with Crippen LogP contribution in [-0.4, -0.2) is 51.4 Å². The number of likely N-dealkylation sites (tertiary alicyclic amines) is 1. The summed E-state index contributed by atoms with van der Waals surface area (Å²) in [7, 11) is 0. The first kappa shape index (κ1) is 23.9. The number of hydrogen-bond acceptors (Lipinski definition) is 6. The summed E-state index contributed by atoms with van der Waals surface area (Å²) in [6.07, 6.45) is 5.13. The number of aromatic nitrogens is 2. The Morgan fingerprint density at radius 1 is 1.17 bits per heavy atom. The highest BCUT2D eigenvalue weighted by Crippen LogP contribution is 2.35. The Hall–Kier alpha value is -3.85. The second kappa shape index (κ2) is 10.4. The number of nitrogens with two attached hydrogens (primary N) is 1. The van der Waals surface area contributed by atoms with Crippen LogP contribution in [0.5, 0.6) is 5.75 Å². The molecular weight excluding hydrogens is 474 g/mol. The quantitative estimate of drug-likeness (QED) is 0.510. The van der Waals surface area contributed by atoms with Crippen molar-refractivity contribution in [3.8, 4) is 22.7 Å². The molecule has 0 unspecified atom stereocenters. The number of primary amides is 1. The number of carbonyl (C=O) groups excluding carboxylic acids is 2. The van der Waals surface area contributed by atoms with Crippen LogP contribution in [0.3, 0.4) is 0 Å². The van der Waals surface area contributed by atoms with Gasteiger partial charge in [-0.1, -0.05) is 30.3 Å². The maximum Gasteiger partial charge on any atom is 0.286 e. The first-order chi connectivity index (χ1) is 17.5. The standard InChI is InChI=1S/C27H27N5O3S/c1-2-35-22-10-6-7-19(15-22)24-20(17-32(30-24)21-8-4-3-5-9-21)16-23-26(34)29-27(36-23)31-13-11-18(12-14-31)25(28)33/h3-10,15-18H,2,11-14H2,1H3,(H2,28,33)/b23-16-. The van der Waals surface area contributed by atoms with Gasteiger partial charge in [-0.25, -0.2) is 4.68 Å². The van der Waals surface area contributed by atoms with Crippen LogP contribution >= 0.6 is 11.8 Å². The minimum absolute atomic E-state index is 0.113. The van der Waals surface area contributed by atoms with Gasteiger partial charge in [0.25, 0.3) is 5.91 Å². The van der Waals surface area contributed by atoms with Crippen molar-refractivity contribution in [2.75, 3.05) is 19.7 Å². The van der Waals surface area contributed by atoms with Crippen LogP contribution in [0.15, 0.2) is 70.7 Å².